The molecule has 9 atom stereocenters. The summed E-state index contributed by atoms with van der Waals surface area (Å²) < 4.78 is 11.7. The topological polar surface area (TPSA) is 253 Å². The highest BCUT2D eigenvalue weighted by atomic mass is 28.4. The maximum Gasteiger partial charge on any atom is 0.269 e. The van der Waals surface area contributed by atoms with Gasteiger partial charge in [-0.05, 0) is 42.4 Å². The monoisotopic (exact) mass is 794 g/mol. The van der Waals surface area contributed by atoms with Crippen molar-refractivity contribution in [2.45, 2.75) is 87.5 Å². The first kappa shape index (κ1) is 41.0. The quantitative estimate of drug-likeness (QED) is 0.0772. The molecule has 0 aromatic heterocycles. The van der Waals surface area contributed by atoms with Crippen LogP contribution in [0.3, 0.4) is 0 Å². The molecule has 0 aliphatic carbocycles. The van der Waals surface area contributed by atoms with E-state index < -0.39 is 78.9 Å². The normalized spacial score (nSPS) is 28.7. The van der Waals surface area contributed by atoms with Crippen LogP contribution in [0, 0.1) is 16.0 Å². The predicted molar refractivity (Wildman–Crippen MR) is 201 cm³/mol. The van der Waals surface area contributed by atoms with Crippen LogP contribution in [0.2, 0.25) is 18.6 Å². The lowest BCUT2D eigenvalue weighted by Crippen LogP contribution is -2.60. The third-order valence-corrected chi connectivity index (χ3v) is 13.4. The molecule has 6 rings (SSSR count). The molecular formula is C38H46N4O13Si. The fraction of sp³-hybridized carbons (Fsp3) is 0.447. The lowest BCUT2D eigenvalue weighted by Gasteiger charge is -2.37. The average molecular weight is 795 g/mol. The van der Waals surface area contributed by atoms with Gasteiger partial charge in [0.05, 0.1) is 36.3 Å². The van der Waals surface area contributed by atoms with E-state index in [1.54, 1.807) is 32.2 Å². The van der Waals surface area contributed by atoms with E-state index in [2.05, 4.69) is 5.32 Å². The number of carbonyl (C=O) groups excluding carboxylic acids is 3. The zero-order valence-electron chi connectivity index (χ0n) is 31.0. The summed E-state index contributed by atoms with van der Waals surface area (Å²) >= 11 is 0. The molecule has 2 fully saturated rings. The zero-order chi connectivity index (χ0) is 40.7. The van der Waals surface area contributed by atoms with Crippen molar-refractivity contribution >= 4 is 43.1 Å². The highest BCUT2D eigenvalue weighted by Gasteiger charge is 2.66. The van der Waals surface area contributed by atoms with Gasteiger partial charge < -0.3 is 54.9 Å². The summed E-state index contributed by atoms with van der Waals surface area (Å²) in [7, 11) is -3.22. The van der Waals surface area contributed by atoms with Gasteiger partial charge >= 0.3 is 0 Å². The van der Waals surface area contributed by atoms with E-state index in [1.165, 1.54) is 40.1 Å². The van der Waals surface area contributed by atoms with E-state index in [9.17, 15) is 54.8 Å². The Morgan fingerprint density at radius 2 is 1.66 bits per heavy atom. The van der Waals surface area contributed by atoms with Crippen LogP contribution in [-0.4, -0.2) is 116 Å². The second-order valence-corrected chi connectivity index (χ2v) is 19.0. The summed E-state index contributed by atoms with van der Waals surface area (Å²) in [6, 6.07) is 19.5. The number of amides is 3. The Bertz CT molecular complexity index is 1950. The summed E-state index contributed by atoms with van der Waals surface area (Å²) in [4.78, 5) is 67.6. The molecular weight excluding hydrogens is 749 g/mol. The lowest BCUT2D eigenvalue weighted by molar-refractivity contribution is -0.385. The van der Waals surface area contributed by atoms with Gasteiger partial charge in [0.25, 0.3) is 17.5 Å². The van der Waals surface area contributed by atoms with Gasteiger partial charge in [-0.3, -0.25) is 24.5 Å². The second kappa shape index (κ2) is 16.1. The summed E-state index contributed by atoms with van der Waals surface area (Å²) in [6.45, 7) is 5.09. The first-order valence-electron chi connectivity index (χ1n) is 18.2. The summed E-state index contributed by atoms with van der Waals surface area (Å²) in [5.41, 5.74) is -0.472. The number of anilines is 2. The van der Waals surface area contributed by atoms with Crippen LogP contribution in [0.25, 0.3) is 0 Å². The fourth-order valence-electron chi connectivity index (χ4n) is 8.22. The van der Waals surface area contributed by atoms with E-state index in [0.717, 1.165) is 5.56 Å². The Labute approximate surface area is 323 Å². The number of carbonyl (C=O) groups is 3. The minimum atomic E-state index is -3.22. The highest BCUT2D eigenvalue weighted by Crippen LogP contribution is 2.60. The zero-order valence-corrected chi connectivity index (χ0v) is 32.0. The van der Waals surface area contributed by atoms with Gasteiger partial charge in [-0.15, -0.1) is 0 Å². The second-order valence-electron chi connectivity index (χ2n) is 15.0. The third kappa shape index (κ3) is 7.71. The van der Waals surface area contributed by atoms with E-state index in [4.69, 9.17) is 9.47 Å². The molecule has 3 aliphatic heterocycles. The minimum Gasteiger partial charge on any atom is -0.432 e. The third-order valence-electron chi connectivity index (χ3n) is 10.9. The van der Waals surface area contributed by atoms with Gasteiger partial charge in [0.15, 0.2) is 26.3 Å². The Balaban J connectivity index is 1.27. The maximum absolute atomic E-state index is 14.8. The molecule has 3 heterocycles. The number of fused-ring (bicyclic) bond motifs is 2. The highest BCUT2D eigenvalue weighted by molar-refractivity contribution is 6.71. The van der Waals surface area contributed by atoms with Crippen LogP contribution in [-0.2, 0) is 42.5 Å². The SMILES string of the molecule is C[C@H]1[C@H]([Si](C)(C)O)[C@@H](CC(=O)N(CCO)Cc2ccccc2)O[C@]12C(=O)N(Cc1ccc(NC(=O)[C@H]3O[C@@H](O)[C@H](O)[C@@H](O)[C@@H]3O)cc1)c1ccc([N+](=O)[O-])cc12. The molecule has 2 saturated heterocycles. The molecule has 300 valence electrons. The van der Waals surface area contributed by atoms with Crippen molar-refractivity contribution in [1.82, 2.24) is 4.90 Å². The van der Waals surface area contributed by atoms with Gasteiger partial charge in [-0.25, -0.2) is 0 Å². The van der Waals surface area contributed by atoms with E-state index in [-0.39, 0.29) is 55.5 Å². The molecule has 18 heteroatoms. The molecule has 0 unspecified atom stereocenters. The predicted octanol–water partition coefficient (Wildman–Crippen LogP) is 1.09. The van der Waals surface area contributed by atoms with E-state index in [0.29, 0.717) is 11.3 Å². The molecule has 3 aliphatic rings. The van der Waals surface area contributed by atoms with Crippen molar-refractivity contribution in [3.8, 4) is 0 Å². The molecule has 56 heavy (non-hydrogen) atoms. The van der Waals surface area contributed by atoms with Gasteiger partial charge in [0, 0.05) is 47.9 Å². The van der Waals surface area contributed by atoms with Gasteiger partial charge in [-0.1, -0.05) is 49.4 Å². The molecule has 3 aromatic carbocycles. The number of ether oxygens (including phenoxy) is 2. The van der Waals surface area contributed by atoms with Crippen molar-refractivity contribution in [3.05, 3.63) is 99.6 Å². The van der Waals surface area contributed by atoms with Crippen molar-refractivity contribution in [1.29, 1.82) is 0 Å². The van der Waals surface area contributed by atoms with Crippen LogP contribution < -0.4 is 10.2 Å². The number of rotatable bonds is 12. The van der Waals surface area contributed by atoms with Crippen molar-refractivity contribution in [3.63, 3.8) is 0 Å². The number of benzene rings is 3. The Morgan fingerprint density at radius 1 is 0.982 bits per heavy atom. The number of nitrogens with zero attached hydrogens (tertiary/aromatic N) is 3. The van der Waals surface area contributed by atoms with Crippen molar-refractivity contribution in [2.75, 3.05) is 23.4 Å². The number of nitrogens with one attached hydrogen (secondary N) is 1. The molecule has 3 aromatic rings. The smallest absolute Gasteiger partial charge is 0.269 e. The van der Waals surface area contributed by atoms with Crippen LogP contribution >= 0.6 is 0 Å². The number of nitro groups is 1. The Kier molecular flexibility index (Phi) is 11.8. The standard InChI is InChI=1S/C38H46N4O13Si/c1-21-34(56(2,3)53)28(18-29(44)40(15-16-43)19-22-7-5-4-6-8-22)55-38(21)26-17-25(42(51)52)13-14-27(26)41(37(38)50)20-23-9-11-24(12-10-23)39-35(48)33-31(46)30(45)32(47)36(49)54-33/h4-14,17,21,28,30-34,36,43,45-47,49,53H,15-16,18-20H2,1-3H3,(H,39,48)/t21-,28+,30-,31-,32+,33-,34-,36+,38+/m0/s1. The van der Waals surface area contributed by atoms with Gasteiger partial charge in [-0.2, -0.15) is 0 Å². The van der Waals surface area contributed by atoms with E-state index in [1.807, 2.05) is 30.3 Å². The van der Waals surface area contributed by atoms with Crippen molar-refractivity contribution in [2.24, 2.45) is 5.92 Å². The number of aliphatic hydroxyl groups excluding tert-OH is 5. The average Bonchev–Trinajstić information content (AvgIpc) is 3.58. The summed E-state index contributed by atoms with van der Waals surface area (Å²) in [5.74, 6) is -2.51. The van der Waals surface area contributed by atoms with Crippen LogP contribution in [0.5, 0.6) is 0 Å². The van der Waals surface area contributed by atoms with Gasteiger partial charge in [0.2, 0.25) is 5.91 Å². The molecule has 0 saturated carbocycles. The maximum atomic E-state index is 14.8. The molecule has 1 spiro atoms. The summed E-state index contributed by atoms with van der Waals surface area (Å²) in [6.07, 6.45) is -10.2. The van der Waals surface area contributed by atoms with Crippen molar-refractivity contribution < 1.29 is 59.1 Å². The molecule has 17 nitrogen and oxygen atoms in total. The minimum absolute atomic E-state index is 0.0357. The van der Waals surface area contributed by atoms with Gasteiger partial charge in [0.1, 0.15) is 18.3 Å². The van der Waals surface area contributed by atoms with Crippen LogP contribution in [0.1, 0.15) is 30.0 Å². The van der Waals surface area contributed by atoms with Crippen LogP contribution in [0.4, 0.5) is 17.1 Å². The number of nitro benzene ring substituents is 1. The number of aliphatic hydroxyl groups is 5. The Hall–Kier alpha value is -4.63. The number of hydrogen-bond acceptors (Lipinski definition) is 13. The molecule has 3 amide bonds. The molecule has 0 radical (unpaired) electrons. The van der Waals surface area contributed by atoms with Crippen LogP contribution in [0.15, 0.2) is 72.8 Å². The molecule has 7 N–H and O–H groups in total. The fourth-order valence-corrected chi connectivity index (χ4v) is 10.8. The van der Waals surface area contributed by atoms with E-state index >= 15 is 0 Å². The largest absolute Gasteiger partial charge is 0.432 e. The summed E-state index contributed by atoms with van der Waals surface area (Å²) in [5, 5.41) is 64.1. The number of hydrogen-bond donors (Lipinski definition) is 7. The number of non-ortho nitro benzene ring substituents is 1. The first-order valence-corrected chi connectivity index (χ1v) is 21.2. The Morgan fingerprint density at radius 3 is 2.29 bits per heavy atom. The lowest BCUT2D eigenvalue weighted by atomic mass is 9.82. The first-order chi connectivity index (χ1) is 26.5. The molecule has 0 bridgehead atoms.